The van der Waals surface area contributed by atoms with Crippen molar-refractivity contribution in [2.24, 2.45) is 0 Å². The fourth-order valence-electron chi connectivity index (χ4n) is 2.06. The molecule has 22 heavy (non-hydrogen) atoms. The number of carbonyl (C=O) groups is 2. The van der Waals surface area contributed by atoms with Gasteiger partial charge in [0.25, 0.3) is 0 Å². The minimum absolute atomic E-state index is 0.0545. The molecule has 116 valence electrons. The van der Waals surface area contributed by atoms with Crippen LogP contribution in [0.2, 0.25) is 0 Å². The van der Waals surface area contributed by atoms with Gasteiger partial charge in [-0.05, 0) is 42.0 Å². The highest BCUT2D eigenvalue weighted by Gasteiger charge is 2.08. The van der Waals surface area contributed by atoms with Crippen molar-refractivity contribution in [1.82, 2.24) is 5.32 Å². The Morgan fingerprint density at radius 3 is 2.55 bits per heavy atom. The highest BCUT2D eigenvalue weighted by Crippen LogP contribution is 2.13. The Hall–Kier alpha value is -2.01. The van der Waals surface area contributed by atoms with Crippen molar-refractivity contribution in [2.75, 3.05) is 6.54 Å². The average molecular weight is 319 g/mol. The number of amides is 1. The van der Waals surface area contributed by atoms with E-state index in [1.54, 1.807) is 18.2 Å². The van der Waals surface area contributed by atoms with Gasteiger partial charge in [0.15, 0.2) is 5.78 Å². The Bertz CT molecular complexity index is 608. The molecule has 5 heteroatoms. The number of carbonyl (C=O) groups excluding carboxylic acids is 2. The Balaban J connectivity index is 1.60. The maximum absolute atomic E-state index is 12.7. The van der Waals surface area contributed by atoms with E-state index in [9.17, 15) is 14.0 Å². The second-order valence-electron chi connectivity index (χ2n) is 4.98. The minimum atomic E-state index is -0.261. The molecule has 0 fully saturated rings. The van der Waals surface area contributed by atoms with Gasteiger partial charge >= 0.3 is 0 Å². The lowest BCUT2D eigenvalue weighted by atomic mass is 10.1. The second-order valence-corrected chi connectivity index (χ2v) is 5.93. The van der Waals surface area contributed by atoms with E-state index in [1.807, 2.05) is 11.4 Å². The van der Waals surface area contributed by atoms with Crippen LogP contribution < -0.4 is 5.32 Å². The summed E-state index contributed by atoms with van der Waals surface area (Å²) in [5.41, 5.74) is 0.981. The van der Waals surface area contributed by atoms with Crippen LogP contribution >= 0.6 is 11.3 Å². The SMILES string of the molecule is O=C(CCCC(=O)c1cccs1)NCCc1ccc(F)cc1. The third-order valence-electron chi connectivity index (χ3n) is 3.25. The molecule has 0 bridgehead atoms. The highest BCUT2D eigenvalue weighted by atomic mass is 32.1. The fourth-order valence-corrected chi connectivity index (χ4v) is 2.75. The lowest BCUT2D eigenvalue weighted by Gasteiger charge is -2.05. The van der Waals surface area contributed by atoms with Crippen LogP contribution in [-0.4, -0.2) is 18.2 Å². The summed E-state index contributed by atoms with van der Waals surface area (Å²) in [4.78, 5) is 24.2. The summed E-state index contributed by atoms with van der Waals surface area (Å²) < 4.78 is 12.7. The lowest BCUT2D eigenvalue weighted by Crippen LogP contribution is -2.25. The molecule has 2 aromatic rings. The van der Waals surface area contributed by atoms with Gasteiger partial charge in [-0.3, -0.25) is 9.59 Å². The van der Waals surface area contributed by atoms with E-state index in [-0.39, 0.29) is 17.5 Å². The fraction of sp³-hybridized carbons (Fsp3) is 0.294. The zero-order chi connectivity index (χ0) is 15.8. The molecule has 2 rings (SSSR count). The minimum Gasteiger partial charge on any atom is -0.356 e. The molecule has 0 radical (unpaired) electrons. The lowest BCUT2D eigenvalue weighted by molar-refractivity contribution is -0.121. The largest absolute Gasteiger partial charge is 0.356 e. The first-order valence-electron chi connectivity index (χ1n) is 7.23. The van der Waals surface area contributed by atoms with E-state index in [4.69, 9.17) is 0 Å². The standard InChI is InChI=1S/C17H18FNO2S/c18-14-8-6-13(7-9-14)10-11-19-17(21)5-1-3-15(20)16-4-2-12-22-16/h2,4,6-9,12H,1,3,5,10-11H2,(H,19,21). The second kappa shape index (κ2) is 8.44. The van der Waals surface area contributed by atoms with Gasteiger partial charge in [0.1, 0.15) is 5.82 Å². The van der Waals surface area contributed by atoms with Gasteiger partial charge in [-0.15, -0.1) is 11.3 Å². The Morgan fingerprint density at radius 2 is 1.86 bits per heavy atom. The third-order valence-corrected chi connectivity index (χ3v) is 4.16. The molecule has 1 aromatic heterocycles. The van der Waals surface area contributed by atoms with Crippen LogP contribution in [0.4, 0.5) is 4.39 Å². The molecule has 0 aliphatic rings. The maximum atomic E-state index is 12.7. The van der Waals surface area contributed by atoms with Crippen LogP contribution in [0, 0.1) is 5.82 Å². The monoisotopic (exact) mass is 319 g/mol. The molecule has 1 aromatic carbocycles. The van der Waals surface area contributed by atoms with Crippen molar-refractivity contribution < 1.29 is 14.0 Å². The van der Waals surface area contributed by atoms with Gasteiger partial charge in [0.05, 0.1) is 4.88 Å². The van der Waals surface area contributed by atoms with Crippen molar-refractivity contribution in [3.05, 3.63) is 58.0 Å². The van der Waals surface area contributed by atoms with E-state index < -0.39 is 0 Å². The van der Waals surface area contributed by atoms with E-state index in [0.717, 1.165) is 10.4 Å². The number of hydrogen-bond donors (Lipinski definition) is 1. The van der Waals surface area contributed by atoms with Crippen molar-refractivity contribution in [2.45, 2.75) is 25.7 Å². The molecule has 3 nitrogen and oxygen atoms in total. The Labute approximate surface area is 133 Å². The van der Waals surface area contributed by atoms with Crippen LogP contribution in [0.15, 0.2) is 41.8 Å². The number of benzene rings is 1. The van der Waals surface area contributed by atoms with E-state index in [0.29, 0.717) is 32.2 Å². The Morgan fingerprint density at radius 1 is 1.09 bits per heavy atom. The number of nitrogens with one attached hydrogen (secondary N) is 1. The van der Waals surface area contributed by atoms with Gasteiger partial charge in [-0.1, -0.05) is 18.2 Å². The predicted molar refractivity (Wildman–Crippen MR) is 85.6 cm³/mol. The van der Waals surface area contributed by atoms with E-state index in [2.05, 4.69) is 5.32 Å². The van der Waals surface area contributed by atoms with Crippen LogP contribution in [0.5, 0.6) is 0 Å². The molecule has 1 N–H and O–H groups in total. The molecule has 1 heterocycles. The number of ketones is 1. The molecular formula is C17H18FNO2S. The first-order chi connectivity index (χ1) is 10.6. The maximum Gasteiger partial charge on any atom is 0.220 e. The van der Waals surface area contributed by atoms with Crippen molar-refractivity contribution >= 4 is 23.0 Å². The third kappa shape index (κ3) is 5.41. The highest BCUT2D eigenvalue weighted by molar-refractivity contribution is 7.12. The molecule has 0 saturated carbocycles. The number of Topliss-reactive ketones (excluding diaryl/α,β-unsaturated/α-hetero) is 1. The summed E-state index contributed by atoms with van der Waals surface area (Å²) in [5, 5.41) is 4.68. The van der Waals surface area contributed by atoms with Gasteiger partial charge in [-0.2, -0.15) is 0 Å². The summed E-state index contributed by atoms with van der Waals surface area (Å²) >= 11 is 1.43. The molecule has 0 aliphatic heterocycles. The van der Waals surface area contributed by atoms with Crippen LogP contribution in [0.1, 0.15) is 34.5 Å². The smallest absolute Gasteiger partial charge is 0.220 e. The first-order valence-corrected chi connectivity index (χ1v) is 8.11. The number of hydrogen-bond acceptors (Lipinski definition) is 3. The van der Waals surface area contributed by atoms with Crippen molar-refractivity contribution in [1.29, 1.82) is 0 Å². The van der Waals surface area contributed by atoms with Crippen LogP contribution in [-0.2, 0) is 11.2 Å². The normalized spacial score (nSPS) is 10.4. The number of halogens is 1. The number of rotatable bonds is 8. The van der Waals surface area contributed by atoms with Crippen molar-refractivity contribution in [3.8, 4) is 0 Å². The molecule has 0 spiro atoms. The van der Waals surface area contributed by atoms with Gasteiger partial charge < -0.3 is 5.32 Å². The molecule has 0 saturated heterocycles. The topological polar surface area (TPSA) is 46.2 Å². The Kier molecular flexibility index (Phi) is 6.27. The number of thiophene rings is 1. The summed E-state index contributed by atoms with van der Waals surface area (Å²) in [6.07, 6.45) is 1.96. The summed E-state index contributed by atoms with van der Waals surface area (Å²) in [5.74, 6) is -0.224. The molecule has 0 atom stereocenters. The summed E-state index contributed by atoms with van der Waals surface area (Å²) in [6, 6.07) is 9.89. The molecular weight excluding hydrogens is 301 g/mol. The molecule has 0 aliphatic carbocycles. The quantitative estimate of drug-likeness (QED) is 0.756. The summed E-state index contributed by atoms with van der Waals surface area (Å²) in [6.45, 7) is 0.517. The summed E-state index contributed by atoms with van der Waals surface area (Å²) in [7, 11) is 0. The first kappa shape index (κ1) is 16.4. The zero-order valence-electron chi connectivity index (χ0n) is 12.2. The molecule has 1 amide bonds. The van der Waals surface area contributed by atoms with Crippen LogP contribution in [0.25, 0.3) is 0 Å². The molecule has 0 unspecified atom stereocenters. The van der Waals surface area contributed by atoms with E-state index >= 15 is 0 Å². The average Bonchev–Trinajstić information content (AvgIpc) is 3.03. The van der Waals surface area contributed by atoms with Crippen LogP contribution in [0.3, 0.4) is 0 Å². The van der Waals surface area contributed by atoms with Gasteiger partial charge in [0, 0.05) is 19.4 Å². The van der Waals surface area contributed by atoms with Gasteiger partial charge in [-0.25, -0.2) is 4.39 Å². The van der Waals surface area contributed by atoms with Crippen molar-refractivity contribution in [3.63, 3.8) is 0 Å². The van der Waals surface area contributed by atoms with E-state index in [1.165, 1.54) is 23.5 Å². The predicted octanol–water partition coefficient (Wildman–Crippen LogP) is 3.60. The zero-order valence-corrected chi connectivity index (χ0v) is 13.0. The van der Waals surface area contributed by atoms with Gasteiger partial charge in [0.2, 0.25) is 5.91 Å².